The van der Waals surface area contributed by atoms with E-state index in [2.05, 4.69) is 4.89 Å². The van der Waals surface area contributed by atoms with Crippen LogP contribution in [0.3, 0.4) is 0 Å². The fourth-order valence-corrected chi connectivity index (χ4v) is 0.592. The van der Waals surface area contributed by atoms with E-state index in [0.717, 1.165) is 13.2 Å². The molecule has 9 nitrogen and oxygen atoms in total. The van der Waals surface area contributed by atoms with E-state index in [0.29, 0.717) is 0 Å². The minimum atomic E-state index is -1.89. The zero-order valence-corrected chi connectivity index (χ0v) is 13.7. The molecule has 0 rings (SSSR count). The molecular weight excluding hydrogens is 516 g/mol. The van der Waals surface area contributed by atoms with Crippen LogP contribution in [0, 0.1) is 0 Å². The fourth-order valence-electron chi connectivity index (χ4n) is 0.592. The number of hydrogen-bond acceptors (Lipinski definition) is 9. The SMILES string of the molecule is CC(=O)OO.O=[C-][C@H](O)[C@@H](O)[C@H](O)[C@H](O)CO.[Au+].[SeH]. The molecule has 0 aromatic rings. The summed E-state index contributed by atoms with van der Waals surface area (Å²) < 4.78 is 0. The van der Waals surface area contributed by atoms with E-state index in [9.17, 15) is 9.59 Å². The monoisotopic (exact) mass is 533 g/mol. The van der Waals surface area contributed by atoms with Gasteiger partial charge in [-0.05, 0) is 6.10 Å². The molecule has 0 aliphatic heterocycles. The third-order valence-electron chi connectivity index (χ3n) is 1.50. The number of hydrogen-bond donors (Lipinski definition) is 6. The minimum absolute atomic E-state index is 0. The fraction of sp³-hybridized carbons (Fsp3) is 0.750. The Morgan fingerprint density at radius 1 is 1.21 bits per heavy atom. The third-order valence-corrected chi connectivity index (χ3v) is 1.50. The van der Waals surface area contributed by atoms with Crippen molar-refractivity contribution in [3.05, 3.63) is 0 Å². The zero-order chi connectivity index (χ0) is 14.0. The van der Waals surface area contributed by atoms with Crippen molar-refractivity contribution in [1.29, 1.82) is 0 Å². The predicted molar refractivity (Wildman–Crippen MR) is 58.4 cm³/mol. The first-order valence-electron chi connectivity index (χ1n) is 4.34. The van der Waals surface area contributed by atoms with Gasteiger partial charge < -0.3 is 35.2 Å². The van der Waals surface area contributed by atoms with Gasteiger partial charge >= 0.3 is 45.4 Å². The summed E-state index contributed by atoms with van der Waals surface area (Å²) in [5, 5.41) is 50.7. The van der Waals surface area contributed by atoms with Gasteiger partial charge in [-0.2, -0.15) is 5.26 Å². The van der Waals surface area contributed by atoms with Crippen LogP contribution in [-0.2, 0) is 36.9 Å². The van der Waals surface area contributed by atoms with E-state index >= 15 is 0 Å². The molecule has 11 heteroatoms. The van der Waals surface area contributed by atoms with E-state index < -0.39 is 37.0 Å². The topological polar surface area (TPSA) is 165 Å². The molecule has 4 atom stereocenters. The maximum atomic E-state index is 9.77. The summed E-state index contributed by atoms with van der Waals surface area (Å²) in [7, 11) is 0. The van der Waals surface area contributed by atoms with Gasteiger partial charge in [0.2, 0.25) is 0 Å². The first-order valence-corrected chi connectivity index (χ1v) is 4.34. The summed E-state index contributed by atoms with van der Waals surface area (Å²) in [6.45, 7) is 0.337. The van der Waals surface area contributed by atoms with E-state index in [4.69, 9.17) is 30.8 Å². The van der Waals surface area contributed by atoms with Crippen LogP contribution in [-0.4, -0.2) is 91.1 Å². The van der Waals surface area contributed by atoms with Crippen LogP contribution < -0.4 is 0 Å². The van der Waals surface area contributed by atoms with Crippen LogP contribution >= 0.6 is 0 Å². The first-order chi connectivity index (χ1) is 7.81. The van der Waals surface area contributed by atoms with Crippen LogP contribution in [0.15, 0.2) is 0 Å². The average Bonchev–Trinajstić information content (AvgIpc) is 2.35. The second-order valence-corrected chi connectivity index (χ2v) is 2.88. The number of carbonyl (C=O) groups excluding carboxylic acids is 2. The normalized spacial score (nSPS) is 15.1. The molecular formula is C8H16AuO9Se. The number of carbonyl (C=O) groups is 1. The quantitative estimate of drug-likeness (QED) is 0.0895. The standard InChI is InChI=1S/C6H11O6.C2H4O3.Au.HSe/c7-1-3(9)5(11)6(12)4(10)2-8;1-2(3)5-4;;/h3-7,9-12H,1H2;4H,1H3;;1H/q-1;;+1;/t3-,4+,5-,6-;;;/m1.../s1. The summed E-state index contributed by atoms with van der Waals surface area (Å²) in [4.78, 5) is 22.2. The van der Waals surface area contributed by atoms with Crippen molar-refractivity contribution in [2.24, 2.45) is 0 Å². The van der Waals surface area contributed by atoms with Crippen LogP contribution in [0.2, 0.25) is 0 Å². The predicted octanol–water partition coefficient (Wildman–Crippen LogP) is -4.10. The number of rotatable bonds is 5. The van der Waals surface area contributed by atoms with Crippen molar-refractivity contribution >= 4 is 29.3 Å². The van der Waals surface area contributed by atoms with Crippen molar-refractivity contribution in [1.82, 2.24) is 0 Å². The molecule has 0 saturated heterocycles. The summed E-state index contributed by atoms with van der Waals surface area (Å²) in [6.07, 6.45) is -6.07. The Morgan fingerprint density at radius 3 is 1.79 bits per heavy atom. The average molecular weight is 532 g/mol. The van der Waals surface area contributed by atoms with E-state index in [1.165, 1.54) is 0 Å². The molecule has 119 valence electrons. The van der Waals surface area contributed by atoms with Gasteiger partial charge in [0.25, 0.3) is 0 Å². The maximum absolute atomic E-state index is 9.77. The van der Waals surface area contributed by atoms with Gasteiger partial charge in [0.05, 0.1) is 12.7 Å². The van der Waals surface area contributed by atoms with E-state index in [-0.39, 0.29) is 39.4 Å². The van der Waals surface area contributed by atoms with Gasteiger partial charge in [0.15, 0.2) is 0 Å². The Hall–Kier alpha value is 0.160. The molecule has 0 fully saturated rings. The van der Waals surface area contributed by atoms with Crippen molar-refractivity contribution < 1.29 is 67.6 Å². The first kappa shape index (κ1) is 27.5. The molecule has 0 amide bonds. The van der Waals surface area contributed by atoms with Crippen molar-refractivity contribution in [2.45, 2.75) is 31.3 Å². The van der Waals surface area contributed by atoms with Gasteiger partial charge in [-0.3, -0.25) is 0 Å². The van der Waals surface area contributed by atoms with Gasteiger partial charge in [0.1, 0.15) is 12.2 Å². The summed E-state index contributed by atoms with van der Waals surface area (Å²) >= 11 is 0. The number of aliphatic hydroxyl groups is 5. The Labute approximate surface area is 135 Å². The van der Waals surface area contributed by atoms with Crippen molar-refractivity contribution in [2.75, 3.05) is 6.61 Å². The van der Waals surface area contributed by atoms with Crippen LogP contribution in [0.1, 0.15) is 6.92 Å². The van der Waals surface area contributed by atoms with E-state index in [1.807, 2.05) is 0 Å². The molecule has 6 N–H and O–H groups in total. The second-order valence-electron chi connectivity index (χ2n) is 2.88. The van der Waals surface area contributed by atoms with E-state index in [1.54, 1.807) is 0 Å². The van der Waals surface area contributed by atoms with Crippen molar-refractivity contribution in [3.8, 4) is 0 Å². The van der Waals surface area contributed by atoms with Crippen LogP contribution in [0.4, 0.5) is 0 Å². The molecule has 0 unspecified atom stereocenters. The van der Waals surface area contributed by atoms with Gasteiger partial charge in [-0.15, -0.1) is 0 Å². The van der Waals surface area contributed by atoms with Crippen molar-refractivity contribution in [3.63, 3.8) is 0 Å². The molecule has 0 heterocycles. The molecule has 0 bridgehead atoms. The second kappa shape index (κ2) is 16.2. The van der Waals surface area contributed by atoms with Gasteiger partial charge in [0, 0.05) is 6.92 Å². The summed E-state index contributed by atoms with van der Waals surface area (Å²) in [5.41, 5.74) is 0. The molecule has 0 aliphatic rings. The third kappa shape index (κ3) is 14.4. The summed E-state index contributed by atoms with van der Waals surface area (Å²) in [6, 6.07) is 0. The Bertz CT molecular complexity index is 230. The zero-order valence-electron chi connectivity index (χ0n) is 9.67. The van der Waals surface area contributed by atoms with Gasteiger partial charge in [-0.1, -0.05) is 0 Å². The van der Waals surface area contributed by atoms with Crippen LogP contribution in [0.5, 0.6) is 0 Å². The molecule has 1 radical (unpaired) electrons. The Morgan fingerprint density at radius 2 is 1.58 bits per heavy atom. The van der Waals surface area contributed by atoms with Gasteiger partial charge in [-0.25, -0.2) is 11.1 Å². The molecule has 19 heavy (non-hydrogen) atoms. The molecule has 0 aliphatic carbocycles. The Balaban J connectivity index is -0.000000139. The van der Waals surface area contributed by atoms with Crippen LogP contribution in [0.25, 0.3) is 0 Å². The molecule has 0 aromatic carbocycles. The Kier molecular flexibility index (Phi) is 23.5. The molecule has 0 spiro atoms. The summed E-state index contributed by atoms with van der Waals surface area (Å²) in [5.74, 6) is -0.690. The number of aliphatic hydroxyl groups excluding tert-OH is 5. The molecule has 0 aromatic heterocycles. The molecule has 0 saturated carbocycles.